The first kappa shape index (κ1) is 15.6. The summed E-state index contributed by atoms with van der Waals surface area (Å²) in [7, 11) is 3.12. The van der Waals surface area contributed by atoms with Crippen LogP contribution in [0.3, 0.4) is 0 Å². The molecule has 0 aliphatic heterocycles. The lowest BCUT2D eigenvalue weighted by molar-refractivity contribution is 0.0934. The Kier molecular flexibility index (Phi) is 5.07. The number of hydrogen-bond donors (Lipinski definition) is 2. The number of hydrogen-bond acceptors (Lipinski definition) is 4. The molecule has 0 spiro atoms. The first-order valence-electron chi connectivity index (χ1n) is 7.37. The molecular weight excluding hydrogens is 268 g/mol. The van der Waals surface area contributed by atoms with Gasteiger partial charge >= 0.3 is 0 Å². The van der Waals surface area contributed by atoms with Gasteiger partial charge in [0.1, 0.15) is 11.5 Å². The van der Waals surface area contributed by atoms with Crippen molar-refractivity contribution in [3.63, 3.8) is 0 Å². The van der Waals surface area contributed by atoms with E-state index in [-0.39, 0.29) is 11.4 Å². The minimum Gasteiger partial charge on any atom is -0.497 e. The van der Waals surface area contributed by atoms with Crippen molar-refractivity contribution in [3.8, 4) is 11.5 Å². The van der Waals surface area contributed by atoms with Crippen molar-refractivity contribution in [2.24, 2.45) is 5.73 Å². The zero-order valence-electron chi connectivity index (χ0n) is 12.8. The van der Waals surface area contributed by atoms with E-state index in [1.54, 1.807) is 32.4 Å². The molecule has 1 aromatic carbocycles. The zero-order chi connectivity index (χ0) is 15.3. The summed E-state index contributed by atoms with van der Waals surface area (Å²) >= 11 is 0. The molecule has 21 heavy (non-hydrogen) atoms. The number of nitrogens with one attached hydrogen (secondary N) is 1. The monoisotopic (exact) mass is 292 g/mol. The van der Waals surface area contributed by atoms with E-state index in [0.717, 1.165) is 25.7 Å². The first-order valence-corrected chi connectivity index (χ1v) is 7.37. The van der Waals surface area contributed by atoms with Crippen molar-refractivity contribution in [1.29, 1.82) is 0 Å². The summed E-state index contributed by atoms with van der Waals surface area (Å²) in [6, 6.07) is 5.17. The number of methoxy groups -OCH3 is 2. The Morgan fingerprint density at radius 3 is 2.57 bits per heavy atom. The molecule has 116 valence electrons. The fourth-order valence-electron chi connectivity index (χ4n) is 2.78. The highest BCUT2D eigenvalue weighted by atomic mass is 16.5. The second-order valence-corrected chi connectivity index (χ2v) is 5.67. The van der Waals surface area contributed by atoms with Crippen LogP contribution in [0.25, 0.3) is 0 Å². The number of nitrogens with two attached hydrogens (primary N) is 1. The Morgan fingerprint density at radius 2 is 1.95 bits per heavy atom. The normalized spacial score (nSPS) is 17.1. The van der Waals surface area contributed by atoms with Crippen LogP contribution in [0.15, 0.2) is 18.2 Å². The third-order valence-electron chi connectivity index (χ3n) is 4.10. The van der Waals surface area contributed by atoms with E-state index in [0.29, 0.717) is 23.6 Å². The number of ether oxygens (including phenoxy) is 2. The standard InChI is InChI=1S/C16H24N2O3/c1-20-12-6-7-14(21-2)13(10-12)15(19)18-11-16(17)8-4-3-5-9-16/h6-7,10H,3-5,8-9,11,17H2,1-2H3,(H,18,19). The van der Waals surface area contributed by atoms with E-state index >= 15 is 0 Å². The maximum Gasteiger partial charge on any atom is 0.255 e. The number of carbonyl (C=O) groups is 1. The van der Waals surface area contributed by atoms with Crippen LogP contribution in [0, 0.1) is 0 Å². The second kappa shape index (κ2) is 6.80. The lowest BCUT2D eigenvalue weighted by atomic mass is 9.82. The molecule has 1 aliphatic rings. The maximum absolute atomic E-state index is 12.4. The van der Waals surface area contributed by atoms with E-state index in [1.165, 1.54) is 6.42 Å². The van der Waals surface area contributed by atoms with Gasteiger partial charge in [-0.25, -0.2) is 0 Å². The van der Waals surface area contributed by atoms with E-state index in [4.69, 9.17) is 15.2 Å². The molecule has 1 saturated carbocycles. The molecule has 1 fully saturated rings. The van der Waals surface area contributed by atoms with Gasteiger partial charge in [0, 0.05) is 12.1 Å². The second-order valence-electron chi connectivity index (χ2n) is 5.67. The summed E-state index contributed by atoms with van der Waals surface area (Å²) in [6.45, 7) is 0.492. The van der Waals surface area contributed by atoms with Crippen LogP contribution < -0.4 is 20.5 Å². The molecule has 0 unspecified atom stereocenters. The summed E-state index contributed by atoms with van der Waals surface area (Å²) in [5.74, 6) is 0.977. The van der Waals surface area contributed by atoms with Crippen molar-refractivity contribution in [3.05, 3.63) is 23.8 Å². The molecule has 3 N–H and O–H groups in total. The summed E-state index contributed by atoms with van der Waals surface area (Å²) in [5.41, 5.74) is 6.53. The Hall–Kier alpha value is -1.75. The molecule has 1 amide bonds. The summed E-state index contributed by atoms with van der Waals surface area (Å²) in [4.78, 5) is 12.4. The molecule has 1 aliphatic carbocycles. The number of rotatable bonds is 5. The van der Waals surface area contributed by atoms with E-state index in [1.807, 2.05) is 0 Å². The van der Waals surface area contributed by atoms with Crippen molar-refractivity contribution in [1.82, 2.24) is 5.32 Å². The molecule has 0 atom stereocenters. The van der Waals surface area contributed by atoms with Crippen LogP contribution in [-0.2, 0) is 0 Å². The molecule has 0 saturated heterocycles. The van der Waals surface area contributed by atoms with Gasteiger partial charge in [0.05, 0.1) is 19.8 Å². The molecular formula is C16H24N2O3. The highest BCUT2D eigenvalue weighted by Crippen LogP contribution is 2.26. The van der Waals surface area contributed by atoms with Gasteiger partial charge in [-0.05, 0) is 31.0 Å². The Balaban J connectivity index is 2.05. The lowest BCUT2D eigenvalue weighted by Gasteiger charge is -2.33. The third-order valence-corrected chi connectivity index (χ3v) is 4.10. The van der Waals surface area contributed by atoms with Gasteiger partial charge in [-0.1, -0.05) is 19.3 Å². The van der Waals surface area contributed by atoms with Crippen LogP contribution in [0.1, 0.15) is 42.5 Å². The molecule has 0 aromatic heterocycles. The molecule has 5 nitrogen and oxygen atoms in total. The Morgan fingerprint density at radius 1 is 1.24 bits per heavy atom. The van der Waals surface area contributed by atoms with Crippen molar-refractivity contribution in [2.75, 3.05) is 20.8 Å². The largest absolute Gasteiger partial charge is 0.497 e. The van der Waals surface area contributed by atoms with Crippen LogP contribution in [-0.4, -0.2) is 32.2 Å². The molecule has 5 heteroatoms. The quantitative estimate of drug-likeness (QED) is 0.871. The van der Waals surface area contributed by atoms with Crippen molar-refractivity contribution in [2.45, 2.75) is 37.6 Å². The third kappa shape index (κ3) is 3.88. The maximum atomic E-state index is 12.4. The zero-order valence-corrected chi connectivity index (χ0v) is 12.8. The van der Waals surface area contributed by atoms with Crippen LogP contribution in [0.5, 0.6) is 11.5 Å². The average molecular weight is 292 g/mol. The van der Waals surface area contributed by atoms with Gasteiger partial charge in [-0.3, -0.25) is 4.79 Å². The summed E-state index contributed by atoms with van der Waals surface area (Å²) < 4.78 is 10.4. The fraction of sp³-hybridized carbons (Fsp3) is 0.562. The average Bonchev–Trinajstić information content (AvgIpc) is 2.52. The number of carbonyl (C=O) groups excluding carboxylic acids is 1. The molecule has 0 radical (unpaired) electrons. The minimum atomic E-state index is -0.278. The molecule has 1 aromatic rings. The van der Waals surface area contributed by atoms with Crippen molar-refractivity contribution < 1.29 is 14.3 Å². The van der Waals surface area contributed by atoms with Crippen LogP contribution in [0.4, 0.5) is 0 Å². The minimum absolute atomic E-state index is 0.179. The fourth-order valence-corrected chi connectivity index (χ4v) is 2.78. The summed E-state index contributed by atoms with van der Waals surface area (Å²) in [5, 5.41) is 2.94. The van der Waals surface area contributed by atoms with Gasteiger partial charge in [-0.2, -0.15) is 0 Å². The van der Waals surface area contributed by atoms with Gasteiger partial charge in [-0.15, -0.1) is 0 Å². The van der Waals surface area contributed by atoms with Gasteiger partial charge in [0.15, 0.2) is 0 Å². The first-order chi connectivity index (χ1) is 10.1. The highest BCUT2D eigenvalue weighted by molar-refractivity contribution is 5.97. The lowest BCUT2D eigenvalue weighted by Crippen LogP contribution is -2.51. The van der Waals surface area contributed by atoms with E-state index in [2.05, 4.69) is 5.32 Å². The molecule has 2 rings (SSSR count). The predicted octanol–water partition coefficient (Wildman–Crippen LogP) is 2.10. The van der Waals surface area contributed by atoms with E-state index < -0.39 is 0 Å². The Bertz CT molecular complexity index is 496. The van der Waals surface area contributed by atoms with Crippen LogP contribution in [0.2, 0.25) is 0 Å². The topological polar surface area (TPSA) is 73.6 Å². The van der Waals surface area contributed by atoms with E-state index in [9.17, 15) is 4.79 Å². The number of benzene rings is 1. The van der Waals surface area contributed by atoms with Crippen LogP contribution >= 0.6 is 0 Å². The smallest absolute Gasteiger partial charge is 0.255 e. The molecule has 0 heterocycles. The predicted molar refractivity (Wildman–Crippen MR) is 81.9 cm³/mol. The van der Waals surface area contributed by atoms with Gasteiger partial charge in [0.2, 0.25) is 0 Å². The van der Waals surface area contributed by atoms with Crippen molar-refractivity contribution >= 4 is 5.91 Å². The van der Waals surface area contributed by atoms with Gasteiger partial charge in [0.25, 0.3) is 5.91 Å². The molecule has 0 bridgehead atoms. The SMILES string of the molecule is COc1ccc(OC)c(C(=O)NCC2(N)CCCCC2)c1. The Labute approximate surface area is 125 Å². The number of amides is 1. The van der Waals surface area contributed by atoms with Gasteiger partial charge < -0.3 is 20.5 Å². The summed E-state index contributed by atoms with van der Waals surface area (Å²) in [6.07, 6.45) is 5.42. The highest BCUT2D eigenvalue weighted by Gasteiger charge is 2.28.